The van der Waals surface area contributed by atoms with Crippen LogP contribution in [0, 0.1) is 0 Å². The van der Waals surface area contributed by atoms with E-state index < -0.39 is 11.9 Å². The lowest BCUT2D eigenvalue weighted by Gasteiger charge is -2.01. The lowest BCUT2D eigenvalue weighted by atomic mass is 10.2. The molecule has 6 nitrogen and oxygen atoms in total. The largest absolute Gasteiger partial charge is 0.462 e. The van der Waals surface area contributed by atoms with Crippen molar-refractivity contribution in [2.75, 3.05) is 24.2 Å². The number of hydrogen-bond acceptors (Lipinski definition) is 6. The summed E-state index contributed by atoms with van der Waals surface area (Å²) < 4.78 is 4.85. The summed E-state index contributed by atoms with van der Waals surface area (Å²) in [6, 6.07) is 0. The minimum atomic E-state index is -0.662. The Hall–Kier alpha value is -1.76. The number of ether oxygens (including phenoxy) is 1. The molecule has 0 aliphatic rings. The van der Waals surface area contributed by atoms with E-state index >= 15 is 0 Å². The maximum absolute atomic E-state index is 11.6. The van der Waals surface area contributed by atoms with Crippen molar-refractivity contribution in [1.29, 1.82) is 0 Å². The maximum Gasteiger partial charge on any atom is 0.350 e. The van der Waals surface area contributed by atoms with Gasteiger partial charge in [-0.3, -0.25) is 4.79 Å². The van der Waals surface area contributed by atoms with E-state index in [2.05, 4.69) is 5.32 Å². The molecule has 0 saturated heterocycles. The Labute approximate surface area is 103 Å². The first kappa shape index (κ1) is 13.3. The van der Waals surface area contributed by atoms with Gasteiger partial charge in [-0.05, 0) is 13.8 Å². The summed E-state index contributed by atoms with van der Waals surface area (Å²) in [6.45, 7) is 4.41. The van der Waals surface area contributed by atoms with Crippen LogP contribution in [0.2, 0.25) is 0 Å². The van der Waals surface area contributed by atoms with Crippen molar-refractivity contribution in [3.05, 3.63) is 10.4 Å². The van der Waals surface area contributed by atoms with E-state index in [1.165, 1.54) is 0 Å². The lowest BCUT2D eigenvalue weighted by molar-refractivity contribution is 0.0533. The van der Waals surface area contributed by atoms with E-state index in [0.29, 0.717) is 11.5 Å². The summed E-state index contributed by atoms with van der Waals surface area (Å²) in [5.41, 5.74) is 11.2. The van der Waals surface area contributed by atoms with Gasteiger partial charge in [0.1, 0.15) is 9.88 Å². The molecule has 1 aromatic heterocycles. The van der Waals surface area contributed by atoms with Crippen LogP contribution >= 0.6 is 11.3 Å². The van der Waals surface area contributed by atoms with Gasteiger partial charge in [0.25, 0.3) is 5.91 Å². The van der Waals surface area contributed by atoms with Crippen molar-refractivity contribution < 1.29 is 14.3 Å². The molecule has 0 saturated carbocycles. The quantitative estimate of drug-likeness (QED) is 0.683. The van der Waals surface area contributed by atoms with Crippen LogP contribution in [0.5, 0.6) is 0 Å². The Morgan fingerprint density at radius 1 is 1.41 bits per heavy atom. The topological polar surface area (TPSA) is 107 Å². The molecule has 0 spiro atoms. The van der Waals surface area contributed by atoms with E-state index in [1.807, 2.05) is 6.92 Å². The van der Waals surface area contributed by atoms with Gasteiger partial charge in [-0.2, -0.15) is 0 Å². The molecule has 17 heavy (non-hydrogen) atoms. The fraction of sp³-hybridized carbons (Fsp3) is 0.400. The van der Waals surface area contributed by atoms with Crippen molar-refractivity contribution in [2.24, 2.45) is 5.73 Å². The van der Waals surface area contributed by atoms with Crippen molar-refractivity contribution in [3.8, 4) is 0 Å². The molecule has 7 heteroatoms. The fourth-order valence-electron chi connectivity index (χ4n) is 1.32. The highest BCUT2D eigenvalue weighted by molar-refractivity contribution is 7.19. The summed E-state index contributed by atoms with van der Waals surface area (Å²) in [6.07, 6.45) is 0. The SMILES string of the molecule is CCNc1sc(C(=O)OCC)c(N)c1C(N)=O. The Bertz CT molecular complexity index is 442. The van der Waals surface area contributed by atoms with E-state index in [-0.39, 0.29) is 22.7 Å². The Morgan fingerprint density at radius 3 is 2.53 bits per heavy atom. The molecule has 0 aromatic carbocycles. The molecule has 1 amide bonds. The average molecular weight is 257 g/mol. The van der Waals surface area contributed by atoms with Crippen LogP contribution in [0.4, 0.5) is 10.7 Å². The maximum atomic E-state index is 11.6. The number of thiophene rings is 1. The molecule has 1 rings (SSSR count). The molecule has 5 N–H and O–H groups in total. The zero-order valence-corrected chi connectivity index (χ0v) is 10.5. The first-order valence-corrected chi connectivity index (χ1v) is 5.97. The molecule has 94 valence electrons. The van der Waals surface area contributed by atoms with Crippen LogP contribution in [0.25, 0.3) is 0 Å². The fourth-order valence-corrected chi connectivity index (χ4v) is 2.41. The number of anilines is 2. The second-order valence-corrected chi connectivity index (χ2v) is 4.18. The summed E-state index contributed by atoms with van der Waals surface area (Å²) in [5, 5.41) is 3.45. The third-order valence-electron chi connectivity index (χ3n) is 1.99. The third-order valence-corrected chi connectivity index (χ3v) is 3.13. The molecule has 0 fully saturated rings. The molecule has 0 bridgehead atoms. The zero-order valence-electron chi connectivity index (χ0n) is 9.70. The van der Waals surface area contributed by atoms with Gasteiger partial charge in [-0.1, -0.05) is 0 Å². The molecule has 0 radical (unpaired) electrons. The number of carbonyl (C=O) groups excluding carboxylic acids is 2. The molecule has 0 aliphatic heterocycles. The van der Waals surface area contributed by atoms with Crippen LogP contribution in [-0.4, -0.2) is 25.0 Å². The first-order chi connectivity index (χ1) is 8.02. The van der Waals surface area contributed by atoms with Crippen LogP contribution in [0.3, 0.4) is 0 Å². The Morgan fingerprint density at radius 2 is 2.06 bits per heavy atom. The minimum Gasteiger partial charge on any atom is -0.462 e. The van der Waals surface area contributed by atoms with Crippen LogP contribution in [0.15, 0.2) is 0 Å². The highest BCUT2D eigenvalue weighted by atomic mass is 32.1. The third kappa shape index (κ3) is 2.68. The number of nitrogens with two attached hydrogens (primary N) is 2. The number of rotatable bonds is 5. The number of amides is 1. The van der Waals surface area contributed by atoms with Crippen LogP contribution in [-0.2, 0) is 4.74 Å². The van der Waals surface area contributed by atoms with Gasteiger partial charge in [-0.15, -0.1) is 11.3 Å². The number of primary amides is 1. The van der Waals surface area contributed by atoms with Gasteiger partial charge in [0.05, 0.1) is 17.9 Å². The van der Waals surface area contributed by atoms with Gasteiger partial charge in [-0.25, -0.2) is 4.79 Å². The highest BCUT2D eigenvalue weighted by Crippen LogP contribution is 2.35. The number of nitrogens with one attached hydrogen (secondary N) is 1. The second kappa shape index (κ2) is 5.53. The van der Waals surface area contributed by atoms with Gasteiger partial charge < -0.3 is 21.5 Å². The van der Waals surface area contributed by atoms with Gasteiger partial charge in [0.2, 0.25) is 0 Å². The van der Waals surface area contributed by atoms with Crippen molar-refractivity contribution in [2.45, 2.75) is 13.8 Å². The first-order valence-electron chi connectivity index (χ1n) is 5.15. The minimum absolute atomic E-state index is 0.0805. The number of hydrogen-bond donors (Lipinski definition) is 3. The van der Waals surface area contributed by atoms with E-state index in [0.717, 1.165) is 11.3 Å². The monoisotopic (exact) mass is 257 g/mol. The van der Waals surface area contributed by atoms with Crippen LogP contribution < -0.4 is 16.8 Å². The standard InChI is InChI=1S/C10H15N3O3S/c1-3-13-9-5(8(12)14)6(11)7(17-9)10(15)16-4-2/h13H,3-4,11H2,1-2H3,(H2,12,14). The van der Waals surface area contributed by atoms with Crippen molar-refractivity contribution in [3.63, 3.8) is 0 Å². The summed E-state index contributed by atoms with van der Waals surface area (Å²) >= 11 is 1.08. The molecular formula is C10H15N3O3S. The highest BCUT2D eigenvalue weighted by Gasteiger charge is 2.24. The predicted molar refractivity (Wildman–Crippen MR) is 67.4 cm³/mol. The molecule has 0 unspecified atom stereocenters. The number of esters is 1. The van der Waals surface area contributed by atoms with E-state index in [9.17, 15) is 9.59 Å². The normalized spacial score (nSPS) is 10.0. The number of carbonyl (C=O) groups is 2. The Balaban J connectivity index is 3.21. The smallest absolute Gasteiger partial charge is 0.350 e. The Kier molecular flexibility index (Phi) is 4.33. The molecule has 1 heterocycles. The van der Waals surface area contributed by atoms with Crippen molar-refractivity contribution in [1.82, 2.24) is 0 Å². The molecule has 0 atom stereocenters. The zero-order chi connectivity index (χ0) is 13.0. The van der Waals surface area contributed by atoms with Gasteiger partial charge >= 0.3 is 5.97 Å². The number of nitrogen functional groups attached to an aromatic ring is 1. The van der Waals surface area contributed by atoms with Gasteiger partial charge in [0, 0.05) is 6.54 Å². The van der Waals surface area contributed by atoms with E-state index in [4.69, 9.17) is 16.2 Å². The van der Waals surface area contributed by atoms with Gasteiger partial charge in [0.15, 0.2) is 0 Å². The second-order valence-electron chi connectivity index (χ2n) is 3.16. The lowest BCUT2D eigenvalue weighted by Crippen LogP contribution is -2.15. The average Bonchev–Trinajstić information content (AvgIpc) is 2.56. The summed E-state index contributed by atoms with van der Waals surface area (Å²) in [7, 11) is 0. The summed E-state index contributed by atoms with van der Waals surface area (Å²) in [4.78, 5) is 23.1. The molecule has 1 aromatic rings. The molecule has 0 aliphatic carbocycles. The van der Waals surface area contributed by atoms with Crippen LogP contribution in [0.1, 0.15) is 33.9 Å². The summed E-state index contributed by atoms with van der Waals surface area (Å²) in [5.74, 6) is -1.20. The predicted octanol–water partition coefficient (Wildman–Crippen LogP) is 1.04. The van der Waals surface area contributed by atoms with Crippen molar-refractivity contribution >= 4 is 33.9 Å². The molecular weight excluding hydrogens is 242 g/mol. The van der Waals surface area contributed by atoms with E-state index in [1.54, 1.807) is 6.92 Å².